The lowest BCUT2D eigenvalue weighted by Gasteiger charge is -2.56. The quantitative estimate of drug-likeness (QED) is 0.211. The number of rotatable bonds is 11. The molecule has 0 spiro atoms. The van der Waals surface area contributed by atoms with E-state index in [4.69, 9.17) is 0 Å². The molecule has 0 bridgehead atoms. The van der Waals surface area contributed by atoms with Crippen LogP contribution < -0.4 is 0 Å². The number of aliphatic hydroxyl groups excluding tert-OH is 2. The summed E-state index contributed by atoms with van der Waals surface area (Å²) in [6.07, 6.45) is 5.31. The van der Waals surface area contributed by atoms with Crippen LogP contribution in [0.25, 0.3) is 0 Å². The molecule has 0 saturated heterocycles. The van der Waals surface area contributed by atoms with Gasteiger partial charge in [0.25, 0.3) is 0 Å². The second kappa shape index (κ2) is 10.4. The highest BCUT2D eigenvalue weighted by molar-refractivity contribution is 5.71. The summed E-state index contributed by atoms with van der Waals surface area (Å²) in [5.41, 5.74) is -2.01. The molecule has 0 amide bonds. The van der Waals surface area contributed by atoms with Crippen LogP contribution in [-0.4, -0.2) is 66.5 Å². The Morgan fingerprint density at radius 3 is 2.23 bits per heavy atom. The molecular weight excluding hydrogens is 500 g/mol. The number of carboxylic acids is 2. The van der Waals surface area contributed by atoms with Crippen molar-refractivity contribution in [1.82, 2.24) is 0 Å². The summed E-state index contributed by atoms with van der Waals surface area (Å²) in [5, 5.41) is 62.5. The van der Waals surface area contributed by atoms with Gasteiger partial charge in [-0.05, 0) is 87.2 Å². The molecule has 3 aliphatic carbocycles. The van der Waals surface area contributed by atoms with Gasteiger partial charge in [0, 0.05) is 17.8 Å². The third-order valence-electron chi connectivity index (χ3n) is 11.1. The van der Waals surface area contributed by atoms with Gasteiger partial charge in [-0.25, -0.2) is 0 Å². The molecule has 0 aromatic rings. The number of carbonyl (C=O) groups is 2. The summed E-state index contributed by atoms with van der Waals surface area (Å²) in [5.74, 6) is -3.50. The average Bonchev–Trinajstić information content (AvgIpc) is 3.02. The number of allylic oxidation sites excluding steroid dienone is 5. The highest BCUT2D eigenvalue weighted by Gasteiger charge is 2.65. The van der Waals surface area contributed by atoms with Crippen molar-refractivity contribution >= 4 is 11.9 Å². The Kier molecular flexibility index (Phi) is 8.44. The van der Waals surface area contributed by atoms with E-state index in [1.807, 2.05) is 13.8 Å². The Hall–Kier alpha value is -2.00. The van der Waals surface area contributed by atoms with Crippen molar-refractivity contribution in [2.75, 3.05) is 6.61 Å². The summed E-state index contributed by atoms with van der Waals surface area (Å²) >= 11 is 0. The Bertz CT molecular complexity index is 1070. The van der Waals surface area contributed by atoms with E-state index in [9.17, 15) is 40.2 Å². The summed E-state index contributed by atoms with van der Waals surface area (Å²) in [4.78, 5) is 24.2. The number of carboxylic acid groups (broad SMARTS) is 2. The molecule has 39 heavy (non-hydrogen) atoms. The standard InChI is InChI=1S/C31H48O8/c1-18(2)20-8-9-22-21(28(20,5)13-12-24(34)35)11-14-29(6)25(23(33)16-30(22,29)7)19(26(36)37)10-15-31(39,17-32)27(3,4)38/h9,11,19-20,23,25,32-33,38-39H,1,8,10,12-17H2,2-7H3,(H,34,35)(H,36,37)/t19-,20+,23-,25+,28+,29-,30+,31?/m0/s1. The number of fused-ring (bicyclic) bond motifs is 3. The van der Waals surface area contributed by atoms with Gasteiger partial charge >= 0.3 is 11.9 Å². The lowest BCUT2D eigenvalue weighted by molar-refractivity contribution is -0.166. The van der Waals surface area contributed by atoms with Crippen molar-refractivity contribution in [3.8, 4) is 0 Å². The Morgan fingerprint density at radius 1 is 1.13 bits per heavy atom. The Labute approximate surface area is 232 Å². The molecule has 0 aromatic carbocycles. The molecule has 8 atom stereocenters. The van der Waals surface area contributed by atoms with Crippen molar-refractivity contribution in [3.05, 3.63) is 35.5 Å². The Balaban J connectivity index is 2.05. The maximum atomic E-state index is 12.6. The van der Waals surface area contributed by atoms with E-state index < -0.39 is 63.9 Å². The average molecular weight is 549 g/mol. The third-order valence-corrected chi connectivity index (χ3v) is 11.1. The van der Waals surface area contributed by atoms with E-state index in [1.54, 1.807) is 0 Å². The van der Waals surface area contributed by atoms with Crippen molar-refractivity contribution in [2.24, 2.45) is 34.0 Å². The van der Waals surface area contributed by atoms with Crippen LogP contribution in [0.5, 0.6) is 0 Å². The Morgan fingerprint density at radius 2 is 1.74 bits per heavy atom. The predicted molar refractivity (Wildman–Crippen MR) is 148 cm³/mol. The SMILES string of the molecule is C=C(C)[C@H]1CC=C2C(=CC[C@@]3(C)[C@H]([C@H](CCC(O)(CO)C(C)(C)O)C(=O)O)[C@@H](O)C[C@]23C)[C@]1(C)CCC(=O)O. The monoisotopic (exact) mass is 548 g/mol. The maximum Gasteiger partial charge on any atom is 0.306 e. The number of aliphatic hydroxyl groups is 4. The van der Waals surface area contributed by atoms with E-state index in [0.29, 0.717) is 25.7 Å². The minimum atomic E-state index is -1.89. The van der Waals surface area contributed by atoms with Gasteiger partial charge in [-0.3, -0.25) is 9.59 Å². The van der Waals surface area contributed by atoms with Crippen LogP contribution in [0.1, 0.15) is 86.5 Å². The number of hydrogen-bond acceptors (Lipinski definition) is 6. The van der Waals surface area contributed by atoms with Gasteiger partial charge in [-0.1, -0.05) is 45.1 Å². The van der Waals surface area contributed by atoms with Gasteiger partial charge < -0.3 is 30.6 Å². The normalized spacial score (nSPS) is 36.6. The first-order chi connectivity index (χ1) is 17.8. The van der Waals surface area contributed by atoms with Crippen molar-refractivity contribution in [3.63, 3.8) is 0 Å². The van der Waals surface area contributed by atoms with Gasteiger partial charge in [0.15, 0.2) is 0 Å². The molecule has 0 aromatic heterocycles. The molecule has 6 N–H and O–H groups in total. The zero-order valence-electron chi connectivity index (χ0n) is 24.3. The summed E-state index contributed by atoms with van der Waals surface area (Å²) in [6, 6.07) is 0. The molecular formula is C31H48O8. The molecule has 8 heteroatoms. The minimum Gasteiger partial charge on any atom is -0.481 e. The van der Waals surface area contributed by atoms with Crippen LogP contribution in [0.15, 0.2) is 35.5 Å². The van der Waals surface area contributed by atoms with E-state index in [1.165, 1.54) is 13.8 Å². The van der Waals surface area contributed by atoms with Gasteiger partial charge in [0.05, 0.1) is 24.2 Å². The molecule has 0 heterocycles. The smallest absolute Gasteiger partial charge is 0.306 e. The molecule has 3 rings (SSSR count). The van der Waals surface area contributed by atoms with Gasteiger partial charge in [0.2, 0.25) is 0 Å². The summed E-state index contributed by atoms with van der Waals surface area (Å²) in [7, 11) is 0. The molecule has 220 valence electrons. The fourth-order valence-electron chi connectivity index (χ4n) is 8.19. The fraction of sp³-hybridized carbons (Fsp3) is 0.742. The van der Waals surface area contributed by atoms with Crippen molar-refractivity contribution < 1.29 is 40.2 Å². The highest BCUT2D eigenvalue weighted by Crippen LogP contribution is 2.70. The summed E-state index contributed by atoms with van der Waals surface area (Å²) in [6.45, 7) is 14.5. The van der Waals surface area contributed by atoms with Crippen LogP contribution in [0, 0.1) is 34.0 Å². The zero-order valence-corrected chi connectivity index (χ0v) is 24.3. The predicted octanol–water partition coefficient (Wildman–Crippen LogP) is 4.08. The number of hydrogen-bond donors (Lipinski definition) is 6. The van der Waals surface area contributed by atoms with E-state index in [-0.39, 0.29) is 25.2 Å². The molecule has 3 aliphatic rings. The molecule has 0 aliphatic heterocycles. The van der Waals surface area contributed by atoms with E-state index in [0.717, 1.165) is 16.7 Å². The van der Waals surface area contributed by atoms with Gasteiger partial charge in [0.1, 0.15) is 5.60 Å². The first-order valence-corrected chi connectivity index (χ1v) is 14.0. The van der Waals surface area contributed by atoms with E-state index >= 15 is 0 Å². The molecule has 8 nitrogen and oxygen atoms in total. The molecule has 1 unspecified atom stereocenters. The second-order valence-electron chi connectivity index (χ2n) is 13.7. The minimum absolute atomic E-state index is 0.0204. The van der Waals surface area contributed by atoms with Crippen LogP contribution >= 0.6 is 0 Å². The first kappa shape index (κ1) is 31.5. The van der Waals surface area contributed by atoms with Gasteiger partial charge in [-0.15, -0.1) is 0 Å². The second-order valence-corrected chi connectivity index (χ2v) is 13.7. The molecule has 1 saturated carbocycles. The number of aliphatic carboxylic acids is 2. The molecule has 1 fully saturated rings. The fourth-order valence-corrected chi connectivity index (χ4v) is 8.19. The lowest BCUT2D eigenvalue weighted by Crippen LogP contribution is -2.54. The first-order valence-electron chi connectivity index (χ1n) is 14.0. The van der Waals surface area contributed by atoms with Crippen molar-refractivity contribution in [1.29, 1.82) is 0 Å². The van der Waals surface area contributed by atoms with Crippen LogP contribution in [0.3, 0.4) is 0 Å². The van der Waals surface area contributed by atoms with Gasteiger partial charge in [-0.2, -0.15) is 0 Å². The zero-order chi connectivity index (χ0) is 29.8. The van der Waals surface area contributed by atoms with Crippen LogP contribution in [0.4, 0.5) is 0 Å². The highest BCUT2D eigenvalue weighted by atomic mass is 16.4. The maximum absolute atomic E-state index is 12.6. The largest absolute Gasteiger partial charge is 0.481 e. The third kappa shape index (κ3) is 5.03. The van der Waals surface area contributed by atoms with Crippen LogP contribution in [0.2, 0.25) is 0 Å². The van der Waals surface area contributed by atoms with Crippen LogP contribution in [-0.2, 0) is 9.59 Å². The lowest BCUT2D eigenvalue weighted by atomic mass is 9.48. The van der Waals surface area contributed by atoms with E-state index in [2.05, 4.69) is 32.6 Å². The van der Waals surface area contributed by atoms with Crippen molar-refractivity contribution in [2.45, 2.75) is 104 Å². The topological polar surface area (TPSA) is 156 Å². The molecule has 0 radical (unpaired) electrons. The summed E-state index contributed by atoms with van der Waals surface area (Å²) < 4.78 is 0.